The molecule has 0 amide bonds. The molecule has 4 aliphatic rings. The van der Waals surface area contributed by atoms with Gasteiger partial charge in [0.1, 0.15) is 0 Å². The third-order valence-electron chi connectivity index (χ3n) is 15.0. The van der Waals surface area contributed by atoms with Crippen LogP contribution in [0.4, 0.5) is 0 Å². The molecule has 4 heteroatoms. The summed E-state index contributed by atoms with van der Waals surface area (Å²) < 4.78 is 6.85. The van der Waals surface area contributed by atoms with Crippen LogP contribution in [-0.4, -0.2) is 6.88 Å². The first-order chi connectivity index (χ1) is 27.1. The molecule has 0 heterocycles. The number of hydrogen-bond donors (Lipinski definition) is 0. The maximum Gasteiger partial charge on any atom is -0.147 e. The number of benzene rings is 6. The van der Waals surface area contributed by atoms with Gasteiger partial charge in [0.15, 0.2) is 0 Å². The first-order valence-electron chi connectivity index (χ1n) is 21.8. The summed E-state index contributed by atoms with van der Waals surface area (Å²) in [7, 11) is 0. The van der Waals surface area contributed by atoms with Gasteiger partial charge in [-0.3, -0.25) is 0 Å². The first kappa shape index (κ1) is 41.7. The number of halogens is 2. The number of fused-ring (bicyclic) bond motifs is 4. The number of allylic oxidation sites excluding steroid dienone is 2. The van der Waals surface area contributed by atoms with Crippen molar-refractivity contribution in [2.24, 2.45) is 10.8 Å². The molecule has 0 saturated heterocycles. The van der Waals surface area contributed by atoms with Crippen LogP contribution in [0.2, 0.25) is 9.26 Å². The standard InChI is InChI=1S/2C26H25.2CH3.2ClH.H2Si.Zr/c2*1-2-12-26(13-14-26)18-19-15-22-8-5-9-24(25(22)16-19)23-11-10-20-6-3-4-7-21(20)17-23;;;;;;/h2*3-11,15-17H,2,12-14,18H2,1H3;2*1H3;2*1H;1H2;. The predicted octanol–water partition coefficient (Wildman–Crippen LogP) is 16.0. The molecule has 4 aliphatic carbocycles. The molecule has 298 valence electrons. The summed E-state index contributed by atoms with van der Waals surface area (Å²) in [5.74, 6) is 0. The van der Waals surface area contributed by atoms with Crippen LogP contribution in [0.1, 0.15) is 108 Å². The first-order valence-corrected chi connectivity index (χ1v) is 35.5. The molecule has 0 radical (unpaired) electrons. The van der Waals surface area contributed by atoms with Crippen LogP contribution in [0.25, 0.3) is 56.0 Å². The van der Waals surface area contributed by atoms with Gasteiger partial charge in [-0.1, -0.05) is 0 Å². The van der Waals surface area contributed by atoms with Crippen molar-refractivity contribution in [2.45, 2.75) is 94.6 Å². The van der Waals surface area contributed by atoms with Gasteiger partial charge in [-0.15, -0.1) is 24.8 Å². The van der Waals surface area contributed by atoms with Crippen molar-refractivity contribution in [3.63, 3.8) is 0 Å². The molecule has 6 aromatic carbocycles. The number of hydrogen-bond acceptors (Lipinski definition) is 0. The van der Waals surface area contributed by atoms with Crippen molar-refractivity contribution in [1.82, 2.24) is 0 Å². The van der Waals surface area contributed by atoms with E-state index in [4.69, 9.17) is 0 Å². The minimum absolute atomic E-state index is 0. The van der Waals surface area contributed by atoms with Gasteiger partial charge in [-0.05, 0) is 0 Å². The molecule has 0 spiro atoms. The Morgan fingerprint density at radius 2 is 0.914 bits per heavy atom. The van der Waals surface area contributed by atoms with Crippen molar-refractivity contribution >= 4 is 65.4 Å². The maximum absolute atomic E-state index is 3.90. The zero-order valence-electron chi connectivity index (χ0n) is 35.0. The van der Waals surface area contributed by atoms with Crippen LogP contribution < -0.4 is 0 Å². The largest absolute Gasteiger partial charge is 0.147 e. The Morgan fingerprint density at radius 3 is 1.29 bits per heavy atom. The zero-order chi connectivity index (χ0) is 38.3. The minimum atomic E-state index is -3.90. The molecule has 2 fully saturated rings. The molecule has 0 bridgehead atoms. The van der Waals surface area contributed by atoms with E-state index in [9.17, 15) is 0 Å². The molecule has 2 unspecified atom stereocenters. The summed E-state index contributed by atoms with van der Waals surface area (Å²) in [5, 5.41) is 5.29. The van der Waals surface area contributed by atoms with Crippen molar-refractivity contribution in [2.75, 3.05) is 0 Å². The Balaban J connectivity index is 0.00000235. The van der Waals surface area contributed by atoms with E-state index in [1.54, 1.807) is 22.3 Å². The van der Waals surface area contributed by atoms with Crippen LogP contribution in [0.3, 0.4) is 0 Å². The molecule has 2 saturated carbocycles. The van der Waals surface area contributed by atoms with E-state index < -0.39 is 17.4 Å². The van der Waals surface area contributed by atoms with Crippen molar-refractivity contribution < 1.29 is 17.4 Å². The Morgan fingerprint density at radius 1 is 0.517 bits per heavy atom. The second-order valence-corrected chi connectivity index (χ2v) is 50.3. The van der Waals surface area contributed by atoms with Crippen LogP contribution in [0.5, 0.6) is 0 Å². The van der Waals surface area contributed by atoms with Crippen molar-refractivity contribution in [3.8, 4) is 22.3 Å². The summed E-state index contributed by atoms with van der Waals surface area (Å²) in [6.45, 7) is 7.37. The van der Waals surface area contributed by atoms with Gasteiger partial charge >= 0.3 is 340 Å². The molecule has 0 aromatic heterocycles. The Kier molecular flexibility index (Phi) is 11.1. The Hall–Kier alpha value is -3.00. The molecule has 0 N–H and O–H groups in total. The van der Waals surface area contributed by atoms with Gasteiger partial charge in [0.05, 0.1) is 0 Å². The van der Waals surface area contributed by atoms with Crippen LogP contribution >= 0.6 is 24.8 Å². The Bertz CT molecular complexity index is 2510. The van der Waals surface area contributed by atoms with Gasteiger partial charge in [0, 0.05) is 0 Å². The molecular weight excluding hydrogens is 839 g/mol. The van der Waals surface area contributed by atoms with Gasteiger partial charge in [0.2, 0.25) is 0 Å². The van der Waals surface area contributed by atoms with Crippen molar-refractivity contribution in [3.05, 3.63) is 155 Å². The molecular formula is C54H60Cl2SiZr. The van der Waals surface area contributed by atoms with Crippen molar-refractivity contribution in [1.29, 1.82) is 0 Å². The minimum Gasteiger partial charge on any atom is -0.147 e. The molecule has 6 aromatic rings. The van der Waals surface area contributed by atoms with Gasteiger partial charge in [0.25, 0.3) is 0 Å². The second-order valence-electron chi connectivity index (χ2n) is 19.8. The second kappa shape index (κ2) is 15.5. The summed E-state index contributed by atoms with van der Waals surface area (Å²) in [5.41, 5.74) is 16.4. The topological polar surface area (TPSA) is 0 Å². The van der Waals surface area contributed by atoms with E-state index in [2.05, 4.69) is 163 Å². The van der Waals surface area contributed by atoms with Crippen LogP contribution in [0.15, 0.2) is 132 Å². The van der Waals surface area contributed by atoms with Crippen LogP contribution in [-0.2, 0) is 17.4 Å². The molecule has 2 atom stereocenters. The average Bonchev–Trinajstić information content (AvgIpc) is 4.05. The summed E-state index contributed by atoms with van der Waals surface area (Å²) in [4.78, 5) is 0. The third-order valence-corrected chi connectivity index (χ3v) is 32.5. The molecule has 10 rings (SSSR count). The zero-order valence-corrected chi connectivity index (χ0v) is 40.5. The Labute approximate surface area is 362 Å². The number of rotatable bonds is 12. The van der Waals surface area contributed by atoms with E-state index in [-0.39, 0.29) is 24.8 Å². The monoisotopic (exact) mass is 896 g/mol. The predicted molar refractivity (Wildman–Crippen MR) is 257 cm³/mol. The van der Waals surface area contributed by atoms with E-state index in [1.165, 1.54) is 119 Å². The average molecular weight is 899 g/mol. The molecule has 0 nitrogen and oxygen atoms in total. The van der Waals surface area contributed by atoms with E-state index >= 15 is 0 Å². The van der Waals surface area contributed by atoms with E-state index in [0.717, 1.165) is 0 Å². The quantitative estimate of drug-likeness (QED) is 0.107. The van der Waals surface area contributed by atoms with E-state index in [1.807, 2.05) is 0 Å². The fraction of sp³-hybridized carbons (Fsp3) is 0.333. The SMILES string of the molecule is CCCC1(CC2=Cc3c(-c4ccc5ccccc5c4)cccc3[CH]2[Zr]([CH3])([CH3])(=[SiH2])[CH]2C(CC3(CCC)CC3)=Cc3c(-c4ccc5ccccc5c4)cccc32)CC1.Cl.Cl. The third kappa shape index (κ3) is 7.21. The van der Waals surface area contributed by atoms with E-state index in [0.29, 0.717) is 18.1 Å². The summed E-state index contributed by atoms with van der Waals surface area (Å²) in [6.07, 6.45) is 18.9. The maximum atomic E-state index is 2.89. The molecule has 58 heavy (non-hydrogen) atoms. The summed E-state index contributed by atoms with van der Waals surface area (Å²) >= 11 is -3.90. The van der Waals surface area contributed by atoms with Gasteiger partial charge < -0.3 is 0 Å². The normalized spacial score (nSPS) is 19.7. The van der Waals surface area contributed by atoms with Gasteiger partial charge in [-0.2, -0.15) is 0 Å². The smallest absolute Gasteiger partial charge is 0.147 e. The summed E-state index contributed by atoms with van der Waals surface area (Å²) in [6, 6.07) is 46.8. The fourth-order valence-corrected chi connectivity index (χ4v) is 31.8. The fourth-order valence-electron chi connectivity index (χ4n) is 12.2. The van der Waals surface area contributed by atoms with Crippen LogP contribution in [0, 0.1) is 10.8 Å². The molecule has 0 aliphatic heterocycles. The van der Waals surface area contributed by atoms with Gasteiger partial charge in [-0.25, -0.2) is 0 Å².